The highest BCUT2D eigenvalue weighted by Gasteiger charge is 2.54. The lowest BCUT2D eigenvalue weighted by molar-refractivity contribution is -0.151. The Bertz CT molecular complexity index is 1500. The molecule has 0 aromatic heterocycles. The second-order valence-corrected chi connectivity index (χ2v) is 10.8. The summed E-state index contributed by atoms with van der Waals surface area (Å²) in [5.74, 6) is -2.78. The zero-order valence-corrected chi connectivity index (χ0v) is 23.3. The first-order valence-electron chi connectivity index (χ1n) is 13.0. The van der Waals surface area contributed by atoms with Crippen LogP contribution in [-0.4, -0.2) is 87.6 Å². The van der Waals surface area contributed by atoms with E-state index in [1.54, 1.807) is 48.5 Å². The van der Waals surface area contributed by atoms with E-state index in [9.17, 15) is 33.9 Å². The third kappa shape index (κ3) is 5.65. The molecule has 2 fully saturated rings. The van der Waals surface area contributed by atoms with Crippen LogP contribution in [-0.2, 0) is 30.3 Å². The molecule has 0 saturated carbocycles. The third-order valence-corrected chi connectivity index (χ3v) is 8.29. The maximum Gasteiger partial charge on any atom is 0.352 e. The van der Waals surface area contributed by atoms with Crippen molar-refractivity contribution in [1.29, 1.82) is 0 Å². The number of benzene rings is 2. The van der Waals surface area contributed by atoms with E-state index in [0.29, 0.717) is 29.1 Å². The van der Waals surface area contributed by atoms with Crippen LogP contribution in [0.4, 0.5) is 21.0 Å². The van der Waals surface area contributed by atoms with Crippen LogP contribution >= 0.6 is 11.8 Å². The van der Waals surface area contributed by atoms with Gasteiger partial charge in [0.2, 0.25) is 5.91 Å². The predicted octanol–water partition coefficient (Wildman–Crippen LogP) is 2.00. The van der Waals surface area contributed by atoms with Gasteiger partial charge in [0.05, 0.1) is 13.0 Å². The highest BCUT2D eigenvalue weighted by Crippen LogP contribution is 2.40. The molecule has 1 unspecified atom stereocenters. The number of carbonyl (C=O) groups excluding carboxylic acids is 5. The number of hydrogen-bond acceptors (Lipinski definition) is 8. The highest BCUT2D eigenvalue weighted by molar-refractivity contribution is 8.00. The van der Waals surface area contributed by atoms with Gasteiger partial charge >= 0.3 is 24.0 Å². The van der Waals surface area contributed by atoms with E-state index in [0.717, 1.165) is 9.80 Å². The van der Waals surface area contributed by atoms with Crippen molar-refractivity contribution in [2.45, 2.75) is 24.8 Å². The first-order chi connectivity index (χ1) is 20.2. The number of esters is 1. The van der Waals surface area contributed by atoms with Gasteiger partial charge in [-0.05, 0) is 23.8 Å². The largest absolute Gasteiger partial charge is 0.477 e. The number of urea groups is 2. The fourth-order valence-corrected chi connectivity index (χ4v) is 6.26. The predicted molar refractivity (Wildman–Crippen MR) is 151 cm³/mol. The molecule has 0 radical (unpaired) electrons. The van der Waals surface area contributed by atoms with E-state index in [1.165, 1.54) is 23.6 Å². The fourth-order valence-electron chi connectivity index (χ4n) is 4.93. The number of amides is 6. The first-order valence-corrected chi connectivity index (χ1v) is 14.1. The van der Waals surface area contributed by atoms with Crippen molar-refractivity contribution in [3.8, 4) is 0 Å². The molecular formula is C28H27N5O8S. The van der Waals surface area contributed by atoms with E-state index in [4.69, 9.17) is 4.74 Å². The van der Waals surface area contributed by atoms with E-state index in [1.807, 2.05) is 6.07 Å². The number of thioether (sulfide) groups is 1. The van der Waals surface area contributed by atoms with Gasteiger partial charge < -0.3 is 20.5 Å². The van der Waals surface area contributed by atoms with Crippen LogP contribution in [0.2, 0.25) is 0 Å². The van der Waals surface area contributed by atoms with Crippen LogP contribution in [0.3, 0.4) is 0 Å². The van der Waals surface area contributed by atoms with Crippen molar-refractivity contribution in [1.82, 2.24) is 15.1 Å². The summed E-state index contributed by atoms with van der Waals surface area (Å²) in [4.78, 5) is 78.5. The maximum atomic E-state index is 13.0. The van der Waals surface area contributed by atoms with Gasteiger partial charge in [0.25, 0.3) is 5.91 Å². The number of carboxylic acid groups (broad SMARTS) is 1. The summed E-state index contributed by atoms with van der Waals surface area (Å²) in [5.41, 5.74) is 1.53. The average molecular weight is 594 g/mol. The maximum absolute atomic E-state index is 13.0. The number of aliphatic carboxylic acids is 1. The normalized spacial score (nSPS) is 19.7. The number of nitrogens with one attached hydrogen (secondary N) is 2. The van der Waals surface area contributed by atoms with Crippen LogP contribution in [0.25, 0.3) is 0 Å². The Kier molecular flexibility index (Phi) is 8.15. The minimum atomic E-state index is -1.33. The van der Waals surface area contributed by atoms with Crippen molar-refractivity contribution in [3.63, 3.8) is 0 Å². The second-order valence-electron chi connectivity index (χ2n) is 9.68. The Morgan fingerprint density at radius 2 is 1.74 bits per heavy atom. The van der Waals surface area contributed by atoms with E-state index >= 15 is 0 Å². The number of para-hydroxylation sites is 2. The number of β-lactam (4-membered cyclic amide) rings is 1. The number of anilines is 2. The summed E-state index contributed by atoms with van der Waals surface area (Å²) < 4.78 is 4.93. The molecule has 14 heteroatoms. The smallest absolute Gasteiger partial charge is 0.352 e. The lowest BCUT2D eigenvalue weighted by Crippen LogP contribution is -2.70. The molecule has 13 nitrogen and oxygen atoms in total. The number of carbonyl (C=O) groups is 6. The molecule has 2 aromatic rings. The number of rotatable bonds is 8. The SMILES string of the molecule is CC(=O)OCC1=C(C(=O)O)N2C(=O)C(NC(=O)Cc3ccccc3NC(=O)N3CCN(c4ccccc4)C3=O)[C@H]2SC1. The van der Waals surface area contributed by atoms with Crippen LogP contribution in [0.15, 0.2) is 65.9 Å². The molecular weight excluding hydrogens is 566 g/mol. The minimum absolute atomic E-state index is 0.180. The van der Waals surface area contributed by atoms with Crippen LogP contribution < -0.4 is 15.5 Å². The number of ether oxygens (including phenoxy) is 1. The molecule has 5 rings (SSSR count). The Balaban J connectivity index is 1.21. The van der Waals surface area contributed by atoms with Crippen molar-refractivity contribution in [2.24, 2.45) is 0 Å². The van der Waals surface area contributed by atoms with Gasteiger partial charge in [-0.25, -0.2) is 19.3 Å². The quantitative estimate of drug-likeness (QED) is 0.307. The molecule has 6 amide bonds. The number of carboxylic acids is 1. The Hall–Kier alpha value is -4.85. The molecule has 0 spiro atoms. The van der Waals surface area contributed by atoms with Gasteiger partial charge in [0.15, 0.2) is 0 Å². The molecule has 2 atom stereocenters. The van der Waals surface area contributed by atoms with Crippen LogP contribution in [0.1, 0.15) is 12.5 Å². The Morgan fingerprint density at radius 1 is 1.02 bits per heavy atom. The summed E-state index contributed by atoms with van der Waals surface area (Å²) in [5, 5.41) is 14.4. The summed E-state index contributed by atoms with van der Waals surface area (Å²) in [6.07, 6.45) is -0.180. The molecule has 42 heavy (non-hydrogen) atoms. The number of imide groups is 1. The van der Waals surface area contributed by atoms with E-state index < -0.39 is 47.2 Å². The van der Waals surface area contributed by atoms with Gasteiger partial charge in [-0.15, -0.1) is 11.8 Å². The summed E-state index contributed by atoms with van der Waals surface area (Å²) >= 11 is 1.26. The van der Waals surface area contributed by atoms with E-state index in [-0.39, 0.29) is 31.0 Å². The topological polar surface area (TPSA) is 166 Å². The van der Waals surface area contributed by atoms with Crippen molar-refractivity contribution < 1.29 is 38.6 Å². The van der Waals surface area contributed by atoms with Gasteiger partial charge in [0, 0.05) is 36.2 Å². The molecule has 3 aliphatic rings. The summed E-state index contributed by atoms with van der Waals surface area (Å²) in [7, 11) is 0. The molecule has 3 aliphatic heterocycles. The highest BCUT2D eigenvalue weighted by atomic mass is 32.2. The number of nitrogens with zero attached hydrogens (tertiary/aromatic N) is 3. The molecule has 218 valence electrons. The standard InChI is InChI=1S/C28H27N5O8S/c1-16(34)41-14-18-15-42-25-22(24(36)33(25)23(18)26(37)38)30-21(35)13-17-7-5-6-10-20(17)29-27(39)32-12-11-31(28(32)40)19-8-3-2-4-9-19/h2-10,22,25H,11-15H2,1H3,(H,29,39)(H,30,35)(H,37,38)/t22?,25-/m1/s1. The fraction of sp³-hybridized carbons (Fsp3) is 0.286. The molecule has 2 aromatic carbocycles. The van der Waals surface area contributed by atoms with Crippen molar-refractivity contribution in [2.75, 3.05) is 35.7 Å². The Morgan fingerprint density at radius 3 is 2.45 bits per heavy atom. The Labute approximate surface area is 244 Å². The third-order valence-electron chi connectivity index (χ3n) is 6.95. The van der Waals surface area contributed by atoms with Gasteiger partial charge in [-0.2, -0.15) is 0 Å². The minimum Gasteiger partial charge on any atom is -0.477 e. The molecule has 3 N–H and O–H groups in total. The van der Waals surface area contributed by atoms with E-state index in [2.05, 4.69) is 10.6 Å². The van der Waals surface area contributed by atoms with Gasteiger partial charge in [0.1, 0.15) is 23.7 Å². The number of fused-ring (bicyclic) bond motifs is 1. The molecule has 0 aliphatic carbocycles. The summed E-state index contributed by atoms with van der Waals surface area (Å²) in [6.45, 7) is 1.50. The summed E-state index contributed by atoms with van der Waals surface area (Å²) in [6, 6.07) is 13.6. The number of hydrogen-bond donors (Lipinski definition) is 3. The molecule has 2 saturated heterocycles. The average Bonchev–Trinajstić information content (AvgIpc) is 3.36. The molecule has 0 bridgehead atoms. The zero-order chi connectivity index (χ0) is 30.0. The zero-order valence-electron chi connectivity index (χ0n) is 22.4. The monoisotopic (exact) mass is 593 g/mol. The molecule has 3 heterocycles. The lowest BCUT2D eigenvalue weighted by Gasteiger charge is -2.49. The van der Waals surface area contributed by atoms with Crippen LogP contribution in [0, 0.1) is 0 Å². The van der Waals surface area contributed by atoms with Gasteiger partial charge in [-0.1, -0.05) is 36.4 Å². The van der Waals surface area contributed by atoms with Crippen molar-refractivity contribution in [3.05, 3.63) is 71.4 Å². The second kappa shape index (κ2) is 11.9. The van der Waals surface area contributed by atoms with Crippen LogP contribution in [0.5, 0.6) is 0 Å². The van der Waals surface area contributed by atoms with Crippen molar-refractivity contribution >= 4 is 59.0 Å². The van der Waals surface area contributed by atoms with Gasteiger partial charge in [-0.3, -0.25) is 24.2 Å². The first kappa shape index (κ1) is 28.7. The lowest BCUT2D eigenvalue weighted by atomic mass is 10.0.